The second-order valence-corrected chi connectivity index (χ2v) is 7.24. The maximum Gasteiger partial charge on any atom is 0.321 e. The molecule has 2 N–H and O–H groups in total. The number of carbonyl (C=O) groups excluding carboxylic acids is 2. The summed E-state index contributed by atoms with van der Waals surface area (Å²) in [5.41, 5.74) is 0. The molecule has 0 aliphatic carbocycles. The molecule has 1 aliphatic rings. The Kier molecular flexibility index (Phi) is 6.56. The van der Waals surface area contributed by atoms with E-state index >= 15 is 0 Å². The van der Waals surface area contributed by atoms with Crippen LogP contribution in [0.2, 0.25) is 0 Å². The summed E-state index contributed by atoms with van der Waals surface area (Å²) in [6.07, 6.45) is 2.55. The van der Waals surface area contributed by atoms with Gasteiger partial charge in [0.25, 0.3) is 0 Å². The van der Waals surface area contributed by atoms with E-state index in [-0.39, 0.29) is 18.5 Å². The fraction of sp³-hybridized carbons (Fsp3) is 0.833. The highest BCUT2D eigenvalue weighted by molar-refractivity contribution is 7.88. The lowest BCUT2D eigenvalue weighted by Gasteiger charge is -2.35. The molecule has 1 aliphatic heterocycles. The summed E-state index contributed by atoms with van der Waals surface area (Å²) in [5, 5.41) is 4.74. The highest BCUT2D eigenvalue weighted by Crippen LogP contribution is 2.17. The number of nitrogens with one attached hydrogen (secondary N) is 2. The first kappa shape index (κ1) is 17.9. The molecule has 8 nitrogen and oxygen atoms in total. The Morgan fingerprint density at radius 2 is 1.86 bits per heavy atom. The number of hydrogen-bond acceptors (Lipinski definition) is 5. The number of imide groups is 1. The summed E-state index contributed by atoms with van der Waals surface area (Å²) in [6, 6.07) is -0.517. The van der Waals surface area contributed by atoms with E-state index in [1.807, 2.05) is 4.90 Å². The highest BCUT2D eigenvalue weighted by Gasteiger charge is 2.27. The summed E-state index contributed by atoms with van der Waals surface area (Å²) < 4.78 is 24.3. The molecule has 0 atom stereocenters. The summed E-state index contributed by atoms with van der Waals surface area (Å²) in [6.45, 7) is 3.64. The lowest BCUT2D eigenvalue weighted by atomic mass is 10.1. The predicted octanol–water partition coefficient (Wildman–Crippen LogP) is -0.812. The molecular weight excluding hydrogens is 296 g/mol. The van der Waals surface area contributed by atoms with Gasteiger partial charge in [0, 0.05) is 32.7 Å². The maximum absolute atomic E-state index is 11.7. The van der Waals surface area contributed by atoms with Gasteiger partial charge in [-0.15, -0.1) is 0 Å². The summed E-state index contributed by atoms with van der Waals surface area (Å²) in [5.74, 6) is -0.351. The monoisotopic (exact) mass is 320 g/mol. The van der Waals surface area contributed by atoms with Gasteiger partial charge in [0.05, 0.1) is 12.8 Å². The van der Waals surface area contributed by atoms with Gasteiger partial charge in [-0.1, -0.05) is 0 Å². The van der Waals surface area contributed by atoms with Crippen LogP contribution in [-0.4, -0.2) is 75.1 Å². The summed E-state index contributed by atoms with van der Waals surface area (Å²) in [4.78, 5) is 24.8. The first-order valence-electron chi connectivity index (χ1n) is 6.97. The molecule has 0 aromatic rings. The molecule has 1 saturated heterocycles. The molecule has 1 heterocycles. The zero-order chi connectivity index (χ0) is 16.0. The second kappa shape index (κ2) is 7.71. The van der Waals surface area contributed by atoms with Crippen molar-refractivity contribution in [2.45, 2.75) is 25.8 Å². The van der Waals surface area contributed by atoms with Crippen molar-refractivity contribution in [1.29, 1.82) is 0 Å². The number of piperidine rings is 1. The molecule has 9 heteroatoms. The van der Waals surface area contributed by atoms with E-state index in [1.54, 1.807) is 14.0 Å². The molecule has 122 valence electrons. The molecular formula is C12H24N4O4S. The van der Waals surface area contributed by atoms with Crippen LogP contribution in [-0.2, 0) is 14.8 Å². The lowest BCUT2D eigenvalue weighted by molar-refractivity contribution is -0.121. The summed E-state index contributed by atoms with van der Waals surface area (Å²) >= 11 is 0. The smallest absolute Gasteiger partial charge is 0.321 e. The zero-order valence-corrected chi connectivity index (χ0v) is 13.6. The van der Waals surface area contributed by atoms with Gasteiger partial charge in [-0.3, -0.25) is 15.0 Å². The molecule has 3 amide bonds. The minimum atomic E-state index is -3.18. The molecule has 0 spiro atoms. The van der Waals surface area contributed by atoms with Crippen LogP contribution >= 0.6 is 0 Å². The minimum Gasteiger partial charge on any atom is -0.338 e. The Balaban J connectivity index is 2.37. The number of nitrogens with zero attached hydrogens (tertiary/aromatic N) is 2. The fourth-order valence-corrected chi connectivity index (χ4v) is 3.04. The van der Waals surface area contributed by atoms with Crippen molar-refractivity contribution < 1.29 is 18.0 Å². The lowest BCUT2D eigenvalue weighted by Crippen LogP contribution is -2.49. The Bertz CT molecular complexity index is 472. The van der Waals surface area contributed by atoms with Crippen molar-refractivity contribution in [2.24, 2.45) is 0 Å². The van der Waals surface area contributed by atoms with Gasteiger partial charge in [-0.2, -0.15) is 0 Å². The molecule has 21 heavy (non-hydrogen) atoms. The van der Waals surface area contributed by atoms with Crippen molar-refractivity contribution in [3.8, 4) is 0 Å². The summed E-state index contributed by atoms with van der Waals surface area (Å²) in [7, 11) is -1.60. The molecule has 1 rings (SSSR count). The van der Waals surface area contributed by atoms with Crippen molar-refractivity contribution in [1.82, 2.24) is 19.8 Å². The molecule has 0 bridgehead atoms. The predicted molar refractivity (Wildman–Crippen MR) is 79.3 cm³/mol. The number of sulfonamides is 1. The van der Waals surface area contributed by atoms with Crippen LogP contribution in [0.1, 0.15) is 19.8 Å². The average molecular weight is 320 g/mol. The zero-order valence-electron chi connectivity index (χ0n) is 12.8. The van der Waals surface area contributed by atoms with Gasteiger partial charge < -0.3 is 5.32 Å². The van der Waals surface area contributed by atoms with E-state index in [4.69, 9.17) is 0 Å². The van der Waals surface area contributed by atoms with Crippen LogP contribution in [0, 0.1) is 0 Å². The normalized spacial score (nSPS) is 17.7. The van der Waals surface area contributed by atoms with Crippen LogP contribution < -0.4 is 10.6 Å². The van der Waals surface area contributed by atoms with Crippen molar-refractivity contribution in [2.75, 3.05) is 39.5 Å². The number of carbonyl (C=O) groups is 2. The van der Waals surface area contributed by atoms with Crippen molar-refractivity contribution >= 4 is 22.0 Å². The van der Waals surface area contributed by atoms with E-state index in [2.05, 4.69) is 10.6 Å². The van der Waals surface area contributed by atoms with Crippen LogP contribution in [0.3, 0.4) is 0 Å². The molecule has 0 aromatic heterocycles. The van der Waals surface area contributed by atoms with Gasteiger partial charge in [0.1, 0.15) is 0 Å². The standard InChI is InChI=1S/C12H24N4O4S/c1-4-13-12(18)14-11(17)9-16-7-5-10(6-8-16)15(2)21(3,19)20/h10H,4-9H2,1-3H3,(H2,13,14,17,18). The van der Waals surface area contributed by atoms with Gasteiger partial charge in [-0.25, -0.2) is 17.5 Å². The second-order valence-electron chi connectivity index (χ2n) is 5.19. The van der Waals surface area contributed by atoms with Gasteiger partial charge in [0.2, 0.25) is 15.9 Å². The Labute approximate surface area is 125 Å². The first-order valence-corrected chi connectivity index (χ1v) is 8.82. The average Bonchev–Trinajstić information content (AvgIpc) is 2.37. The molecule has 1 fully saturated rings. The number of hydrogen-bond donors (Lipinski definition) is 2. The Hall–Kier alpha value is -1.19. The SMILES string of the molecule is CCNC(=O)NC(=O)CN1CCC(N(C)S(C)(=O)=O)CC1. The molecule has 0 unspecified atom stereocenters. The molecule has 0 aromatic carbocycles. The third-order valence-corrected chi connectivity index (χ3v) is 4.90. The highest BCUT2D eigenvalue weighted by atomic mass is 32.2. The van der Waals surface area contributed by atoms with E-state index in [0.717, 1.165) is 0 Å². The van der Waals surface area contributed by atoms with Gasteiger partial charge in [-0.05, 0) is 19.8 Å². The van der Waals surface area contributed by atoms with Crippen LogP contribution in [0.15, 0.2) is 0 Å². The Morgan fingerprint density at radius 3 is 2.33 bits per heavy atom. The van der Waals surface area contributed by atoms with Gasteiger partial charge >= 0.3 is 6.03 Å². The topological polar surface area (TPSA) is 98.8 Å². The number of amides is 3. The number of rotatable bonds is 5. The maximum atomic E-state index is 11.7. The van der Waals surface area contributed by atoms with E-state index in [0.29, 0.717) is 32.5 Å². The third kappa shape index (κ3) is 5.98. The minimum absolute atomic E-state index is 0.0253. The first-order chi connectivity index (χ1) is 9.74. The van der Waals surface area contributed by atoms with Gasteiger partial charge in [0.15, 0.2) is 0 Å². The molecule has 0 radical (unpaired) electrons. The van der Waals surface area contributed by atoms with Crippen molar-refractivity contribution in [3.05, 3.63) is 0 Å². The fourth-order valence-electron chi connectivity index (χ4n) is 2.29. The van der Waals surface area contributed by atoms with Crippen LogP contribution in [0.25, 0.3) is 0 Å². The van der Waals surface area contributed by atoms with Crippen molar-refractivity contribution in [3.63, 3.8) is 0 Å². The van der Waals surface area contributed by atoms with E-state index < -0.39 is 16.1 Å². The van der Waals surface area contributed by atoms with E-state index in [1.165, 1.54) is 10.6 Å². The number of urea groups is 1. The van der Waals surface area contributed by atoms with Crippen LogP contribution in [0.4, 0.5) is 4.79 Å². The third-order valence-electron chi connectivity index (χ3n) is 3.55. The largest absolute Gasteiger partial charge is 0.338 e. The van der Waals surface area contributed by atoms with Crippen LogP contribution in [0.5, 0.6) is 0 Å². The molecule has 0 saturated carbocycles. The number of likely N-dealkylation sites (tertiary alicyclic amines) is 1. The quantitative estimate of drug-likeness (QED) is 0.690. The Morgan fingerprint density at radius 1 is 1.29 bits per heavy atom. The van der Waals surface area contributed by atoms with E-state index in [9.17, 15) is 18.0 Å².